The van der Waals surface area contributed by atoms with E-state index in [1.54, 1.807) is 31.2 Å². The van der Waals surface area contributed by atoms with E-state index in [2.05, 4.69) is 5.32 Å². The van der Waals surface area contributed by atoms with E-state index in [0.717, 1.165) is 0 Å². The van der Waals surface area contributed by atoms with Crippen LogP contribution in [0.2, 0.25) is 0 Å². The van der Waals surface area contributed by atoms with Crippen molar-refractivity contribution in [3.8, 4) is 0 Å². The number of likely N-dealkylation sites (tertiary alicyclic amines) is 1. The largest absolute Gasteiger partial charge is 0.459 e. The van der Waals surface area contributed by atoms with Gasteiger partial charge in [-0.2, -0.15) is 0 Å². The van der Waals surface area contributed by atoms with Crippen molar-refractivity contribution < 1.29 is 18.7 Å². The first-order valence-corrected chi connectivity index (χ1v) is 6.20. The number of nitrogens with zero attached hydrogens (tertiary/aromatic N) is 1. The van der Waals surface area contributed by atoms with Gasteiger partial charge in [-0.3, -0.25) is 9.59 Å². The number of methoxy groups -OCH3 is 1. The van der Waals surface area contributed by atoms with Gasteiger partial charge in [-0.25, -0.2) is 0 Å². The summed E-state index contributed by atoms with van der Waals surface area (Å²) >= 11 is 0. The molecule has 1 fully saturated rings. The molecule has 0 aromatic carbocycles. The Kier molecular flexibility index (Phi) is 4.21. The Morgan fingerprint density at radius 1 is 1.53 bits per heavy atom. The minimum atomic E-state index is -0.233. The fourth-order valence-electron chi connectivity index (χ4n) is 2.46. The molecule has 6 heteroatoms. The first-order chi connectivity index (χ1) is 9.17. The number of rotatable bonds is 4. The quantitative estimate of drug-likeness (QED) is 0.854. The molecule has 0 unspecified atom stereocenters. The van der Waals surface area contributed by atoms with Crippen molar-refractivity contribution in [3.63, 3.8) is 0 Å². The molecule has 0 radical (unpaired) electrons. The van der Waals surface area contributed by atoms with Crippen molar-refractivity contribution in [3.05, 3.63) is 24.2 Å². The number of furan rings is 1. The van der Waals surface area contributed by atoms with E-state index in [1.807, 2.05) is 0 Å². The Bertz CT molecular complexity index is 444. The van der Waals surface area contributed by atoms with Crippen LogP contribution >= 0.6 is 0 Å². The molecule has 6 nitrogen and oxygen atoms in total. The van der Waals surface area contributed by atoms with E-state index >= 15 is 0 Å². The van der Waals surface area contributed by atoms with Gasteiger partial charge in [0.1, 0.15) is 0 Å². The number of hydrogen-bond donors (Lipinski definition) is 1. The third-order valence-corrected chi connectivity index (χ3v) is 3.42. The Balaban J connectivity index is 2.09. The maximum Gasteiger partial charge on any atom is 0.289 e. The van der Waals surface area contributed by atoms with Crippen LogP contribution in [0.3, 0.4) is 0 Å². The van der Waals surface area contributed by atoms with Crippen LogP contribution in [-0.2, 0) is 9.53 Å². The summed E-state index contributed by atoms with van der Waals surface area (Å²) in [6.45, 7) is 1.36. The lowest BCUT2D eigenvalue weighted by molar-refractivity contribution is -0.125. The number of carbonyl (C=O) groups is 2. The van der Waals surface area contributed by atoms with Crippen LogP contribution in [0.4, 0.5) is 0 Å². The van der Waals surface area contributed by atoms with Crippen LogP contribution in [0.5, 0.6) is 0 Å². The van der Waals surface area contributed by atoms with E-state index in [9.17, 15) is 9.59 Å². The van der Waals surface area contributed by atoms with Crippen LogP contribution in [0.15, 0.2) is 22.8 Å². The number of hydrogen-bond acceptors (Lipinski definition) is 4. The molecule has 1 saturated heterocycles. The maximum absolute atomic E-state index is 12.2. The van der Waals surface area contributed by atoms with Crippen LogP contribution < -0.4 is 5.32 Å². The molecule has 2 amide bonds. The topological polar surface area (TPSA) is 71.8 Å². The van der Waals surface area contributed by atoms with E-state index in [0.29, 0.717) is 25.5 Å². The summed E-state index contributed by atoms with van der Waals surface area (Å²) < 4.78 is 10.2. The Morgan fingerprint density at radius 2 is 2.32 bits per heavy atom. The van der Waals surface area contributed by atoms with Crippen molar-refractivity contribution in [2.75, 3.05) is 33.9 Å². The summed E-state index contributed by atoms with van der Waals surface area (Å²) in [4.78, 5) is 25.6. The van der Waals surface area contributed by atoms with E-state index in [-0.39, 0.29) is 23.7 Å². The molecular formula is C13H18N2O4. The van der Waals surface area contributed by atoms with Crippen molar-refractivity contribution in [1.29, 1.82) is 0 Å². The van der Waals surface area contributed by atoms with Gasteiger partial charge in [-0.15, -0.1) is 0 Å². The summed E-state index contributed by atoms with van der Waals surface area (Å²) in [5, 5.41) is 2.63. The molecule has 2 heterocycles. The van der Waals surface area contributed by atoms with E-state index in [4.69, 9.17) is 9.15 Å². The highest BCUT2D eigenvalue weighted by Crippen LogP contribution is 2.25. The SMILES string of the molecule is CNC(=O)[C@@H]1CN(C(=O)c2ccco2)C[C@H]1COC. The second-order valence-corrected chi connectivity index (χ2v) is 4.62. The summed E-state index contributed by atoms with van der Waals surface area (Å²) in [6.07, 6.45) is 1.46. The molecule has 0 spiro atoms. The van der Waals surface area contributed by atoms with Crippen LogP contribution in [0.1, 0.15) is 10.6 Å². The number of ether oxygens (including phenoxy) is 1. The zero-order valence-corrected chi connectivity index (χ0v) is 11.1. The summed E-state index contributed by atoms with van der Waals surface area (Å²) in [7, 11) is 3.20. The van der Waals surface area contributed by atoms with Crippen molar-refractivity contribution in [2.45, 2.75) is 0 Å². The average Bonchev–Trinajstić information content (AvgIpc) is 3.07. The Labute approximate surface area is 111 Å². The highest BCUT2D eigenvalue weighted by Gasteiger charge is 2.39. The molecule has 2 atom stereocenters. The van der Waals surface area contributed by atoms with Gasteiger partial charge >= 0.3 is 0 Å². The molecule has 1 aromatic rings. The fourth-order valence-corrected chi connectivity index (χ4v) is 2.46. The van der Waals surface area contributed by atoms with E-state index in [1.165, 1.54) is 6.26 Å². The van der Waals surface area contributed by atoms with Crippen molar-refractivity contribution in [2.24, 2.45) is 11.8 Å². The predicted molar refractivity (Wildman–Crippen MR) is 67.5 cm³/mol. The van der Waals surface area contributed by atoms with Gasteiger partial charge in [0.2, 0.25) is 5.91 Å². The zero-order valence-electron chi connectivity index (χ0n) is 11.1. The van der Waals surface area contributed by atoms with Gasteiger partial charge in [-0.05, 0) is 12.1 Å². The molecule has 2 rings (SSSR count). The molecule has 0 aliphatic carbocycles. The summed E-state index contributed by atoms with van der Waals surface area (Å²) in [6, 6.07) is 3.30. The average molecular weight is 266 g/mol. The number of carbonyl (C=O) groups excluding carboxylic acids is 2. The highest BCUT2D eigenvalue weighted by molar-refractivity contribution is 5.92. The standard InChI is InChI=1S/C13H18N2O4/c1-14-12(16)10-7-15(6-9(10)8-18-2)13(17)11-4-3-5-19-11/h3-5,9-10H,6-8H2,1-2H3,(H,14,16)/t9-,10+/m0/s1. The highest BCUT2D eigenvalue weighted by atomic mass is 16.5. The zero-order chi connectivity index (χ0) is 13.8. The molecule has 1 N–H and O–H groups in total. The van der Waals surface area contributed by atoms with Gasteiger partial charge < -0.3 is 19.4 Å². The smallest absolute Gasteiger partial charge is 0.289 e. The van der Waals surface area contributed by atoms with Gasteiger partial charge in [0.15, 0.2) is 5.76 Å². The maximum atomic E-state index is 12.2. The molecule has 1 aliphatic rings. The second kappa shape index (κ2) is 5.88. The van der Waals surface area contributed by atoms with Crippen molar-refractivity contribution in [1.82, 2.24) is 10.2 Å². The molecule has 1 aliphatic heterocycles. The first-order valence-electron chi connectivity index (χ1n) is 6.20. The van der Waals surface area contributed by atoms with Gasteiger partial charge in [0.25, 0.3) is 5.91 Å². The molecule has 19 heavy (non-hydrogen) atoms. The third kappa shape index (κ3) is 2.78. The third-order valence-electron chi connectivity index (χ3n) is 3.42. The van der Waals surface area contributed by atoms with Gasteiger partial charge in [-0.1, -0.05) is 0 Å². The summed E-state index contributed by atoms with van der Waals surface area (Å²) in [5.74, 6) is -0.157. The monoisotopic (exact) mass is 266 g/mol. The van der Waals surface area contributed by atoms with Crippen LogP contribution in [0, 0.1) is 11.8 Å². The fraction of sp³-hybridized carbons (Fsp3) is 0.538. The van der Waals surface area contributed by atoms with Gasteiger partial charge in [0.05, 0.1) is 18.8 Å². The minimum Gasteiger partial charge on any atom is -0.459 e. The predicted octanol–water partition coefficient (Wildman–Crippen LogP) is 0.360. The molecule has 0 bridgehead atoms. The first kappa shape index (κ1) is 13.6. The van der Waals surface area contributed by atoms with Gasteiger partial charge in [0, 0.05) is 33.2 Å². The van der Waals surface area contributed by atoms with Crippen molar-refractivity contribution >= 4 is 11.8 Å². The summed E-state index contributed by atoms with van der Waals surface area (Å²) in [5.41, 5.74) is 0. The molecule has 0 saturated carbocycles. The minimum absolute atomic E-state index is 0.0175. The molecule has 104 valence electrons. The number of nitrogens with one attached hydrogen (secondary N) is 1. The molecular weight excluding hydrogens is 248 g/mol. The lowest BCUT2D eigenvalue weighted by atomic mass is 9.96. The number of amides is 2. The molecule has 1 aromatic heterocycles. The Hall–Kier alpha value is -1.82. The lowest BCUT2D eigenvalue weighted by Gasteiger charge is -2.14. The second-order valence-electron chi connectivity index (χ2n) is 4.62. The van der Waals surface area contributed by atoms with Crippen LogP contribution in [-0.4, -0.2) is 50.6 Å². The lowest BCUT2D eigenvalue weighted by Crippen LogP contribution is -2.34. The van der Waals surface area contributed by atoms with E-state index < -0.39 is 0 Å². The Morgan fingerprint density at radius 3 is 2.89 bits per heavy atom. The normalized spacial score (nSPS) is 22.5. The van der Waals surface area contributed by atoms with Crippen LogP contribution in [0.25, 0.3) is 0 Å².